The Morgan fingerprint density at radius 3 is 2.19 bits per heavy atom. The second-order valence-corrected chi connectivity index (χ2v) is 11.0. The zero-order chi connectivity index (χ0) is 22.6. The van der Waals surface area contributed by atoms with E-state index in [1.54, 1.807) is 16.4 Å². The first-order chi connectivity index (χ1) is 15.4. The molecule has 0 saturated carbocycles. The summed E-state index contributed by atoms with van der Waals surface area (Å²) < 4.78 is 27.3. The highest BCUT2D eigenvalue weighted by molar-refractivity contribution is 7.89. The summed E-state index contributed by atoms with van der Waals surface area (Å²) in [6.45, 7) is 6.74. The van der Waals surface area contributed by atoms with Crippen LogP contribution in [-0.4, -0.2) is 56.3 Å². The van der Waals surface area contributed by atoms with Crippen LogP contribution in [-0.2, 0) is 16.4 Å². The molecule has 7 heteroatoms. The quantitative estimate of drug-likeness (QED) is 0.685. The molecule has 2 aromatic rings. The minimum Gasteiger partial charge on any atom is -0.322 e. The molecule has 2 aromatic carbocycles. The number of benzene rings is 2. The van der Waals surface area contributed by atoms with Crippen molar-refractivity contribution in [2.75, 3.05) is 38.0 Å². The Balaban J connectivity index is 1.33. The first kappa shape index (κ1) is 23.0. The molecule has 0 aromatic heterocycles. The Hall–Kier alpha value is -2.22. The number of likely N-dealkylation sites (tertiary alicyclic amines) is 1. The van der Waals surface area contributed by atoms with Crippen molar-refractivity contribution in [3.63, 3.8) is 0 Å². The number of hydrogen-bond donors (Lipinski definition) is 1. The van der Waals surface area contributed by atoms with Gasteiger partial charge in [0.05, 0.1) is 4.90 Å². The second kappa shape index (κ2) is 10.1. The molecule has 6 nitrogen and oxygen atoms in total. The molecule has 0 spiro atoms. The van der Waals surface area contributed by atoms with Crippen LogP contribution >= 0.6 is 0 Å². The van der Waals surface area contributed by atoms with Gasteiger partial charge in [-0.3, -0.25) is 4.79 Å². The summed E-state index contributed by atoms with van der Waals surface area (Å²) in [4.78, 5) is 15.4. The van der Waals surface area contributed by atoms with Gasteiger partial charge in [0.2, 0.25) is 10.0 Å². The second-order valence-electron chi connectivity index (χ2n) is 9.06. The van der Waals surface area contributed by atoms with Crippen molar-refractivity contribution in [1.82, 2.24) is 9.21 Å². The number of nitrogens with one attached hydrogen (secondary N) is 1. The Bertz CT molecular complexity index is 1010. The predicted octanol–water partition coefficient (Wildman–Crippen LogP) is 4.00. The SMILES string of the molecule is CC1CCN(S(=O)(=O)c2ccc(C(=O)Nc3ccc(CCN4CCCC4)cc3)cc2)CC1. The van der Waals surface area contributed by atoms with E-state index < -0.39 is 10.0 Å². The molecule has 2 aliphatic heterocycles. The van der Waals surface area contributed by atoms with Crippen molar-refractivity contribution in [3.05, 3.63) is 59.7 Å². The van der Waals surface area contributed by atoms with Gasteiger partial charge >= 0.3 is 0 Å². The van der Waals surface area contributed by atoms with Crippen LogP contribution in [0, 0.1) is 5.92 Å². The van der Waals surface area contributed by atoms with Crippen LogP contribution < -0.4 is 5.32 Å². The monoisotopic (exact) mass is 455 g/mol. The van der Waals surface area contributed by atoms with Crippen LogP contribution in [0.15, 0.2) is 53.4 Å². The third kappa shape index (κ3) is 5.57. The standard InChI is InChI=1S/C25H33N3O3S/c1-20-12-18-28(19-13-20)32(30,31)24-10-6-22(7-11-24)25(29)26-23-8-4-21(5-9-23)14-17-27-15-2-3-16-27/h4-11,20H,2-3,12-19H2,1H3,(H,26,29). The first-order valence-electron chi connectivity index (χ1n) is 11.6. The number of sulfonamides is 1. The van der Waals surface area contributed by atoms with Gasteiger partial charge in [-0.1, -0.05) is 19.1 Å². The van der Waals surface area contributed by atoms with E-state index in [1.165, 1.54) is 43.6 Å². The molecule has 2 aliphatic rings. The number of piperidine rings is 1. The molecule has 2 saturated heterocycles. The first-order valence-corrected chi connectivity index (χ1v) is 13.1. The highest BCUT2D eigenvalue weighted by Gasteiger charge is 2.28. The molecule has 0 atom stereocenters. The van der Waals surface area contributed by atoms with E-state index in [9.17, 15) is 13.2 Å². The van der Waals surface area contributed by atoms with E-state index in [-0.39, 0.29) is 10.8 Å². The maximum Gasteiger partial charge on any atom is 0.255 e. The van der Waals surface area contributed by atoms with Crippen molar-refractivity contribution in [2.24, 2.45) is 5.92 Å². The van der Waals surface area contributed by atoms with E-state index >= 15 is 0 Å². The smallest absolute Gasteiger partial charge is 0.255 e. The highest BCUT2D eigenvalue weighted by atomic mass is 32.2. The van der Waals surface area contributed by atoms with Gasteiger partial charge in [-0.2, -0.15) is 4.31 Å². The number of amides is 1. The van der Waals surface area contributed by atoms with Crippen LogP contribution in [0.25, 0.3) is 0 Å². The zero-order valence-electron chi connectivity index (χ0n) is 18.8. The largest absolute Gasteiger partial charge is 0.322 e. The molecule has 0 unspecified atom stereocenters. The van der Waals surface area contributed by atoms with Gasteiger partial charge in [0.25, 0.3) is 5.91 Å². The van der Waals surface area contributed by atoms with Crippen LogP contribution in [0.2, 0.25) is 0 Å². The van der Waals surface area contributed by atoms with E-state index in [2.05, 4.69) is 29.3 Å². The van der Waals surface area contributed by atoms with E-state index in [4.69, 9.17) is 0 Å². The van der Waals surface area contributed by atoms with Crippen molar-refractivity contribution in [2.45, 2.75) is 43.9 Å². The summed E-state index contributed by atoms with van der Waals surface area (Å²) in [5, 5.41) is 2.90. The Labute approximate surface area is 191 Å². The topological polar surface area (TPSA) is 69.7 Å². The lowest BCUT2D eigenvalue weighted by Crippen LogP contribution is -2.37. The van der Waals surface area contributed by atoms with E-state index in [0.717, 1.165) is 31.5 Å². The van der Waals surface area contributed by atoms with E-state index in [1.807, 2.05) is 12.1 Å². The Morgan fingerprint density at radius 1 is 0.938 bits per heavy atom. The Kier molecular flexibility index (Phi) is 7.28. The van der Waals surface area contributed by atoms with Crippen LogP contribution in [0.4, 0.5) is 5.69 Å². The number of carbonyl (C=O) groups is 1. The summed E-state index contributed by atoms with van der Waals surface area (Å²) in [5.41, 5.74) is 2.44. The molecule has 2 heterocycles. The van der Waals surface area contributed by atoms with Gasteiger partial charge in [0.1, 0.15) is 0 Å². The molecule has 0 radical (unpaired) electrons. The molecule has 1 N–H and O–H groups in total. The van der Waals surface area contributed by atoms with Crippen LogP contribution in [0.1, 0.15) is 48.5 Å². The number of hydrogen-bond acceptors (Lipinski definition) is 4. The van der Waals surface area contributed by atoms with E-state index in [0.29, 0.717) is 24.6 Å². The third-order valence-corrected chi connectivity index (χ3v) is 8.54. The van der Waals surface area contributed by atoms with Gasteiger partial charge in [-0.05, 0) is 93.1 Å². The molecular formula is C25H33N3O3S. The summed E-state index contributed by atoms with van der Waals surface area (Å²) >= 11 is 0. The number of nitrogens with zero attached hydrogens (tertiary/aromatic N) is 2. The van der Waals surface area contributed by atoms with Crippen LogP contribution in [0.3, 0.4) is 0 Å². The average molecular weight is 456 g/mol. The zero-order valence-corrected chi connectivity index (χ0v) is 19.6. The van der Waals surface area contributed by atoms with Crippen molar-refractivity contribution in [1.29, 1.82) is 0 Å². The van der Waals surface area contributed by atoms with Gasteiger partial charge in [0.15, 0.2) is 0 Å². The van der Waals surface area contributed by atoms with Crippen LogP contribution in [0.5, 0.6) is 0 Å². The van der Waals surface area contributed by atoms with Gasteiger partial charge in [0, 0.05) is 30.9 Å². The fraction of sp³-hybridized carbons (Fsp3) is 0.480. The lowest BCUT2D eigenvalue weighted by Gasteiger charge is -2.29. The van der Waals surface area contributed by atoms with Gasteiger partial charge in [-0.15, -0.1) is 0 Å². The van der Waals surface area contributed by atoms with Crippen molar-refractivity contribution < 1.29 is 13.2 Å². The number of rotatable bonds is 7. The fourth-order valence-electron chi connectivity index (χ4n) is 4.40. The number of anilines is 1. The van der Waals surface area contributed by atoms with Gasteiger partial charge in [-0.25, -0.2) is 8.42 Å². The minimum absolute atomic E-state index is 0.242. The molecule has 4 rings (SSSR count). The maximum absolute atomic E-state index is 12.9. The normalized spacial score (nSPS) is 18.7. The Morgan fingerprint density at radius 2 is 1.56 bits per heavy atom. The molecule has 2 fully saturated rings. The molecule has 32 heavy (non-hydrogen) atoms. The van der Waals surface area contributed by atoms with Crippen molar-refractivity contribution >= 4 is 21.6 Å². The number of carbonyl (C=O) groups excluding carboxylic acids is 1. The maximum atomic E-state index is 12.9. The molecular weight excluding hydrogens is 422 g/mol. The molecule has 1 amide bonds. The lowest BCUT2D eigenvalue weighted by atomic mass is 10.0. The average Bonchev–Trinajstić information content (AvgIpc) is 3.33. The fourth-order valence-corrected chi connectivity index (χ4v) is 5.87. The third-order valence-electron chi connectivity index (χ3n) is 6.62. The molecule has 0 bridgehead atoms. The summed E-state index contributed by atoms with van der Waals surface area (Å²) in [5.74, 6) is 0.317. The molecule has 172 valence electrons. The minimum atomic E-state index is -3.51. The summed E-state index contributed by atoms with van der Waals surface area (Å²) in [6, 6.07) is 14.2. The van der Waals surface area contributed by atoms with Crippen molar-refractivity contribution in [3.8, 4) is 0 Å². The predicted molar refractivity (Wildman–Crippen MR) is 127 cm³/mol. The summed E-state index contributed by atoms with van der Waals surface area (Å²) in [7, 11) is -3.51. The lowest BCUT2D eigenvalue weighted by molar-refractivity contribution is 0.102. The highest BCUT2D eigenvalue weighted by Crippen LogP contribution is 2.24. The van der Waals surface area contributed by atoms with Gasteiger partial charge < -0.3 is 10.2 Å². The molecule has 0 aliphatic carbocycles. The summed E-state index contributed by atoms with van der Waals surface area (Å²) in [6.07, 6.45) is 5.39.